The normalized spacial score (nSPS) is 21.6. The fourth-order valence-corrected chi connectivity index (χ4v) is 3.54. The number of rotatable bonds is 7. The molecule has 0 unspecified atom stereocenters. The fourth-order valence-electron chi connectivity index (χ4n) is 3.54. The standard InChI is InChI=1S/C20H27F3O/c1-3-5-14-6-8-15(9-7-14)10-11-16-12-13-17(24-4-2)19(21)18(16)20(22)23/h10-15,20H,3-9H2,1-2H3. The molecule has 1 aromatic carbocycles. The summed E-state index contributed by atoms with van der Waals surface area (Å²) < 4.78 is 45.9. The molecule has 1 aliphatic rings. The van der Waals surface area contributed by atoms with Crippen molar-refractivity contribution in [1.29, 1.82) is 0 Å². The first-order valence-corrected chi connectivity index (χ1v) is 8.98. The predicted octanol–water partition coefficient (Wildman–Crippen LogP) is 6.78. The van der Waals surface area contributed by atoms with Crippen LogP contribution >= 0.6 is 0 Å². The van der Waals surface area contributed by atoms with Gasteiger partial charge in [-0.15, -0.1) is 0 Å². The Labute approximate surface area is 142 Å². The molecule has 0 aromatic heterocycles. The van der Waals surface area contributed by atoms with E-state index in [9.17, 15) is 13.2 Å². The molecule has 4 heteroatoms. The molecule has 24 heavy (non-hydrogen) atoms. The maximum Gasteiger partial charge on any atom is 0.267 e. The molecule has 1 fully saturated rings. The van der Waals surface area contributed by atoms with Gasteiger partial charge < -0.3 is 4.74 Å². The van der Waals surface area contributed by atoms with Crippen molar-refractivity contribution in [3.8, 4) is 5.75 Å². The van der Waals surface area contributed by atoms with Crippen molar-refractivity contribution in [3.63, 3.8) is 0 Å². The third-order valence-electron chi connectivity index (χ3n) is 4.83. The van der Waals surface area contributed by atoms with Crippen LogP contribution in [0.15, 0.2) is 18.2 Å². The van der Waals surface area contributed by atoms with Gasteiger partial charge in [0.1, 0.15) is 0 Å². The van der Waals surface area contributed by atoms with Crippen molar-refractivity contribution < 1.29 is 17.9 Å². The minimum absolute atomic E-state index is 0.106. The van der Waals surface area contributed by atoms with Crippen LogP contribution in [0.25, 0.3) is 6.08 Å². The largest absolute Gasteiger partial charge is 0.491 e. The Morgan fingerprint density at radius 2 is 1.88 bits per heavy atom. The highest BCUT2D eigenvalue weighted by molar-refractivity contribution is 5.57. The van der Waals surface area contributed by atoms with Crippen LogP contribution in [-0.2, 0) is 0 Å². The summed E-state index contributed by atoms with van der Waals surface area (Å²) in [5.41, 5.74) is -0.307. The van der Waals surface area contributed by atoms with Gasteiger partial charge in [-0.3, -0.25) is 0 Å². The van der Waals surface area contributed by atoms with Crippen molar-refractivity contribution in [2.45, 2.75) is 58.8 Å². The molecule has 0 saturated heterocycles. The van der Waals surface area contributed by atoms with E-state index in [1.807, 2.05) is 6.08 Å². The summed E-state index contributed by atoms with van der Waals surface area (Å²) in [6.45, 7) is 4.15. The number of alkyl halides is 2. The van der Waals surface area contributed by atoms with Gasteiger partial charge in [0.2, 0.25) is 0 Å². The molecule has 0 radical (unpaired) electrons. The second-order valence-electron chi connectivity index (χ2n) is 6.54. The van der Waals surface area contributed by atoms with Crippen molar-refractivity contribution in [1.82, 2.24) is 0 Å². The van der Waals surface area contributed by atoms with Crippen LogP contribution in [0.3, 0.4) is 0 Å². The Morgan fingerprint density at radius 3 is 2.46 bits per heavy atom. The molecule has 1 aliphatic carbocycles. The SMILES string of the molecule is CCCC1CCC(C=Cc2ccc(OCC)c(F)c2C(F)F)CC1. The van der Waals surface area contributed by atoms with E-state index in [2.05, 4.69) is 6.92 Å². The topological polar surface area (TPSA) is 9.23 Å². The Hall–Kier alpha value is -1.45. The Kier molecular flexibility index (Phi) is 7.19. The molecule has 0 N–H and O–H groups in total. The number of halogens is 3. The Morgan fingerprint density at radius 1 is 1.17 bits per heavy atom. The van der Waals surface area contributed by atoms with Gasteiger partial charge in [-0.2, -0.15) is 0 Å². The molecular formula is C20H27F3O. The first-order valence-electron chi connectivity index (χ1n) is 8.98. The summed E-state index contributed by atoms with van der Waals surface area (Å²) in [6.07, 6.45) is 7.84. The molecule has 0 amide bonds. The highest BCUT2D eigenvalue weighted by Crippen LogP contribution is 2.35. The summed E-state index contributed by atoms with van der Waals surface area (Å²) in [5, 5.41) is 0. The van der Waals surface area contributed by atoms with Crippen LogP contribution in [0.1, 0.15) is 69.9 Å². The van der Waals surface area contributed by atoms with E-state index in [-0.39, 0.29) is 17.9 Å². The fraction of sp³-hybridized carbons (Fsp3) is 0.600. The average Bonchev–Trinajstić information content (AvgIpc) is 2.56. The maximum atomic E-state index is 14.2. The molecule has 1 saturated carbocycles. The lowest BCUT2D eigenvalue weighted by molar-refractivity contribution is 0.144. The molecule has 0 bridgehead atoms. The van der Waals surface area contributed by atoms with Gasteiger partial charge in [0.25, 0.3) is 6.43 Å². The number of hydrogen-bond donors (Lipinski definition) is 0. The van der Waals surface area contributed by atoms with E-state index < -0.39 is 17.8 Å². The van der Waals surface area contributed by atoms with Gasteiger partial charge in [-0.25, -0.2) is 13.2 Å². The Bertz CT molecular complexity index is 546. The summed E-state index contributed by atoms with van der Waals surface area (Å²) in [6, 6.07) is 2.96. The van der Waals surface area contributed by atoms with E-state index in [0.717, 1.165) is 18.8 Å². The molecule has 0 spiro atoms. The molecule has 1 nitrogen and oxygen atoms in total. The van der Waals surface area contributed by atoms with Crippen LogP contribution < -0.4 is 4.74 Å². The summed E-state index contributed by atoms with van der Waals surface area (Å²) in [4.78, 5) is 0. The van der Waals surface area contributed by atoms with E-state index in [4.69, 9.17) is 4.74 Å². The van der Waals surface area contributed by atoms with Crippen LogP contribution in [0, 0.1) is 17.7 Å². The quantitative estimate of drug-likeness (QED) is 0.531. The van der Waals surface area contributed by atoms with E-state index in [0.29, 0.717) is 5.92 Å². The lowest BCUT2D eigenvalue weighted by Gasteiger charge is -2.26. The van der Waals surface area contributed by atoms with Crippen LogP contribution in [0.2, 0.25) is 0 Å². The van der Waals surface area contributed by atoms with Crippen molar-refractivity contribution >= 4 is 6.08 Å². The third-order valence-corrected chi connectivity index (χ3v) is 4.83. The highest BCUT2D eigenvalue weighted by atomic mass is 19.3. The molecule has 0 heterocycles. The van der Waals surface area contributed by atoms with Crippen molar-refractivity contribution in [3.05, 3.63) is 35.2 Å². The molecule has 0 atom stereocenters. The van der Waals surface area contributed by atoms with E-state index >= 15 is 0 Å². The van der Waals surface area contributed by atoms with Crippen LogP contribution in [-0.4, -0.2) is 6.61 Å². The molecule has 1 aromatic rings. The lowest BCUT2D eigenvalue weighted by Crippen LogP contribution is -2.12. The third kappa shape index (κ3) is 4.78. The number of ether oxygens (including phenoxy) is 1. The van der Waals surface area contributed by atoms with Gasteiger partial charge in [-0.05, 0) is 56.1 Å². The first kappa shape index (κ1) is 18.9. The van der Waals surface area contributed by atoms with Gasteiger partial charge in [0, 0.05) is 0 Å². The number of allylic oxidation sites excluding steroid dienone is 1. The zero-order chi connectivity index (χ0) is 17.5. The summed E-state index contributed by atoms with van der Waals surface area (Å²) in [5.74, 6) is 0.156. The first-order chi connectivity index (χ1) is 11.6. The zero-order valence-corrected chi connectivity index (χ0v) is 14.5. The minimum atomic E-state index is -2.86. The highest BCUT2D eigenvalue weighted by Gasteiger charge is 2.22. The number of hydrogen-bond acceptors (Lipinski definition) is 1. The maximum absolute atomic E-state index is 14.2. The second kappa shape index (κ2) is 9.14. The predicted molar refractivity (Wildman–Crippen MR) is 91.9 cm³/mol. The van der Waals surface area contributed by atoms with Crippen LogP contribution in [0.4, 0.5) is 13.2 Å². The second-order valence-corrected chi connectivity index (χ2v) is 6.54. The van der Waals surface area contributed by atoms with Gasteiger partial charge >= 0.3 is 0 Å². The molecule has 134 valence electrons. The zero-order valence-electron chi connectivity index (χ0n) is 14.5. The smallest absolute Gasteiger partial charge is 0.267 e. The molecule has 0 aliphatic heterocycles. The Balaban J connectivity index is 2.10. The summed E-state index contributed by atoms with van der Waals surface area (Å²) >= 11 is 0. The average molecular weight is 340 g/mol. The van der Waals surface area contributed by atoms with Gasteiger partial charge in [-0.1, -0.05) is 38.0 Å². The number of benzene rings is 1. The van der Waals surface area contributed by atoms with Crippen molar-refractivity contribution in [2.24, 2.45) is 11.8 Å². The summed E-state index contributed by atoms with van der Waals surface area (Å²) in [7, 11) is 0. The van der Waals surface area contributed by atoms with Gasteiger partial charge in [0.05, 0.1) is 12.2 Å². The lowest BCUT2D eigenvalue weighted by atomic mass is 9.80. The van der Waals surface area contributed by atoms with E-state index in [1.165, 1.54) is 37.8 Å². The monoisotopic (exact) mass is 340 g/mol. The minimum Gasteiger partial charge on any atom is -0.491 e. The molecular weight excluding hydrogens is 313 g/mol. The van der Waals surface area contributed by atoms with Crippen LogP contribution in [0.5, 0.6) is 5.75 Å². The van der Waals surface area contributed by atoms with Crippen molar-refractivity contribution in [2.75, 3.05) is 6.61 Å². The van der Waals surface area contributed by atoms with Gasteiger partial charge in [0.15, 0.2) is 11.6 Å². The molecule has 2 rings (SSSR count). The van der Waals surface area contributed by atoms with E-state index in [1.54, 1.807) is 13.0 Å².